The fraction of sp³-hybridized carbons (Fsp3) is 0.742. The van der Waals surface area contributed by atoms with Crippen LogP contribution in [0.15, 0.2) is 0 Å². The lowest BCUT2D eigenvalue weighted by atomic mass is 9.73. The van der Waals surface area contributed by atoms with Crippen LogP contribution < -0.4 is 10.6 Å². The van der Waals surface area contributed by atoms with Crippen molar-refractivity contribution >= 4 is 46.5 Å². The fourth-order valence-electron chi connectivity index (χ4n) is 4.68. The second-order valence-electron chi connectivity index (χ2n) is 10.7. The summed E-state index contributed by atoms with van der Waals surface area (Å²) in [6.07, 6.45) is 1.67. The highest BCUT2D eigenvalue weighted by molar-refractivity contribution is 6.06. The zero-order valence-electron chi connectivity index (χ0n) is 25.9. The van der Waals surface area contributed by atoms with Gasteiger partial charge in [-0.25, -0.2) is 0 Å². The van der Waals surface area contributed by atoms with E-state index in [1.807, 2.05) is 0 Å². The molecule has 0 aromatic rings. The van der Waals surface area contributed by atoms with Crippen molar-refractivity contribution in [3.05, 3.63) is 0 Å². The molecule has 0 atom stereocenters. The highest BCUT2D eigenvalue weighted by Crippen LogP contribution is 2.34. The number of rotatable bonds is 24. The molecule has 0 saturated heterocycles. The zero-order valence-corrected chi connectivity index (χ0v) is 25.9. The molecule has 10 heteroatoms. The quantitative estimate of drug-likeness (QED) is 0.129. The van der Waals surface area contributed by atoms with E-state index in [2.05, 4.69) is 10.6 Å². The number of hydrogen-bond acceptors (Lipinski definition) is 8. The lowest BCUT2D eigenvalue weighted by Gasteiger charge is -2.30. The van der Waals surface area contributed by atoms with Gasteiger partial charge in [-0.2, -0.15) is 0 Å². The Morgan fingerprint density at radius 1 is 0.463 bits per heavy atom. The van der Waals surface area contributed by atoms with E-state index in [0.29, 0.717) is 0 Å². The van der Waals surface area contributed by atoms with Crippen LogP contribution >= 0.6 is 0 Å². The average Bonchev–Trinajstić information content (AvgIpc) is 2.95. The molecule has 0 radical (unpaired) electrons. The van der Waals surface area contributed by atoms with Gasteiger partial charge in [-0.3, -0.25) is 38.4 Å². The summed E-state index contributed by atoms with van der Waals surface area (Å²) in [5, 5.41) is 5.46. The van der Waals surface area contributed by atoms with Crippen molar-refractivity contribution < 1.29 is 38.4 Å². The van der Waals surface area contributed by atoms with E-state index in [4.69, 9.17) is 0 Å². The normalized spacial score (nSPS) is 11.5. The maximum Gasteiger partial charge on any atom is 0.233 e. The molecule has 0 spiro atoms. The Morgan fingerprint density at radius 2 is 0.707 bits per heavy atom. The SMILES string of the molecule is CCC(=O)CCC(CCC(=O)CC)(C(C)=O)C(=O)NCCCNC(=O)C(CCC(=O)CC)(CCC(=O)CC)C(C)=O. The summed E-state index contributed by atoms with van der Waals surface area (Å²) in [7, 11) is 0. The van der Waals surface area contributed by atoms with E-state index in [1.165, 1.54) is 13.8 Å². The van der Waals surface area contributed by atoms with Crippen molar-refractivity contribution in [3.8, 4) is 0 Å². The second-order valence-corrected chi connectivity index (χ2v) is 10.7. The van der Waals surface area contributed by atoms with Crippen molar-refractivity contribution in [2.75, 3.05) is 13.1 Å². The fourth-order valence-corrected chi connectivity index (χ4v) is 4.68. The van der Waals surface area contributed by atoms with Crippen LogP contribution in [-0.2, 0) is 38.4 Å². The molecule has 0 unspecified atom stereocenters. The number of Topliss-reactive ketones (excluding diaryl/α,β-unsaturated/α-hetero) is 6. The van der Waals surface area contributed by atoms with Gasteiger partial charge in [-0.15, -0.1) is 0 Å². The number of ketones is 6. The van der Waals surface area contributed by atoms with Gasteiger partial charge >= 0.3 is 0 Å². The predicted octanol–water partition coefficient (Wildman–Crippen LogP) is 3.80. The molecule has 2 amide bonds. The third kappa shape index (κ3) is 12.2. The van der Waals surface area contributed by atoms with Gasteiger partial charge in [0.1, 0.15) is 45.5 Å². The van der Waals surface area contributed by atoms with Gasteiger partial charge in [-0.1, -0.05) is 27.7 Å². The number of carbonyl (C=O) groups excluding carboxylic acids is 8. The first-order chi connectivity index (χ1) is 19.3. The first kappa shape index (κ1) is 38.0. The zero-order chi connectivity index (χ0) is 31.6. The van der Waals surface area contributed by atoms with Gasteiger partial charge in [0, 0.05) is 64.5 Å². The van der Waals surface area contributed by atoms with Crippen LogP contribution in [-0.4, -0.2) is 59.6 Å². The van der Waals surface area contributed by atoms with Crippen molar-refractivity contribution in [2.24, 2.45) is 10.8 Å². The van der Waals surface area contributed by atoms with E-state index in [1.54, 1.807) is 27.7 Å². The van der Waals surface area contributed by atoms with Gasteiger partial charge in [0.05, 0.1) is 0 Å². The molecule has 0 rings (SSSR count). The number of amides is 2. The molecule has 41 heavy (non-hydrogen) atoms. The largest absolute Gasteiger partial charge is 0.355 e. The third-order valence-corrected chi connectivity index (χ3v) is 8.04. The number of hydrogen-bond donors (Lipinski definition) is 2. The molecule has 0 aromatic carbocycles. The van der Waals surface area contributed by atoms with Crippen molar-refractivity contribution in [1.29, 1.82) is 0 Å². The Hall–Kier alpha value is -3.04. The Balaban J connectivity index is 5.48. The Morgan fingerprint density at radius 3 is 0.902 bits per heavy atom. The minimum absolute atomic E-state index is 0.0165. The molecule has 2 N–H and O–H groups in total. The molecule has 0 aliphatic rings. The standard InChI is InChI=1S/C31H50N2O8/c1-7-24(36)12-16-30(22(5)34,17-13-25(37)8-2)28(40)32-20-11-21-33-29(41)31(23(6)35,18-14-26(38)9-3)19-15-27(39)10-4/h7-21H2,1-6H3,(H,32,40)(H,33,41). The summed E-state index contributed by atoms with van der Waals surface area (Å²) in [4.78, 5) is 99.8. The van der Waals surface area contributed by atoms with Crippen LogP contribution in [0, 0.1) is 10.8 Å². The molecular formula is C31H50N2O8. The molecule has 0 heterocycles. The Kier molecular flexibility index (Phi) is 17.7. The molecule has 0 aromatic heterocycles. The predicted molar refractivity (Wildman–Crippen MR) is 155 cm³/mol. The van der Waals surface area contributed by atoms with Gasteiger partial charge in [0.15, 0.2) is 0 Å². The smallest absolute Gasteiger partial charge is 0.233 e. The average molecular weight is 579 g/mol. The van der Waals surface area contributed by atoms with E-state index < -0.39 is 34.2 Å². The Bertz CT molecular complexity index is 853. The number of nitrogens with one attached hydrogen (secondary N) is 2. The van der Waals surface area contributed by atoms with Gasteiger partial charge in [0.25, 0.3) is 0 Å². The Labute approximate surface area is 244 Å². The van der Waals surface area contributed by atoms with E-state index in [-0.39, 0.29) is 120 Å². The molecule has 0 aliphatic carbocycles. The molecule has 0 fully saturated rings. The van der Waals surface area contributed by atoms with Gasteiger partial charge in [-0.05, 0) is 46.0 Å². The summed E-state index contributed by atoms with van der Waals surface area (Å²) < 4.78 is 0. The van der Waals surface area contributed by atoms with Crippen molar-refractivity contribution in [2.45, 2.75) is 125 Å². The van der Waals surface area contributed by atoms with Crippen LogP contribution in [0.4, 0.5) is 0 Å². The monoisotopic (exact) mass is 578 g/mol. The van der Waals surface area contributed by atoms with E-state index in [0.717, 1.165) is 0 Å². The van der Waals surface area contributed by atoms with Crippen molar-refractivity contribution in [3.63, 3.8) is 0 Å². The van der Waals surface area contributed by atoms with Crippen molar-refractivity contribution in [1.82, 2.24) is 10.6 Å². The molecule has 0 saturated carbocycles. The van der Waals surface area contributed by atoms with E-state index >= 15 is 0 Å². The molecule has 232 valence electrons. The van der Waals surface area contributed by atoms with Crippen LogP contribution in [0.25, 0.3) is 0 Å². The molecule has 0 aliphatic heterocycles. The van der Waals surface area contributed by atoms with Gasteiger partial charge < -0.3 is 10.6 Å². The summed E-state index contributed by atoms with van der Waals surface area (Å²) in [5.41, 5.74) is -3.00. The minimum atomic E-state index is -1.50. The number of carbonyl (C=O) groups is 8. The topological polar surface area (TPSA) is 161 Å². The first-order valence-corrected chi connectivity index (χ1v) is 14.9. The van der Waals surface area contributed by atoms with Crippen LogP contribution in [0.5, 0.6) is 0 Å². The maximum atomic E-state index is 13.3. The van der Waals surface area contributed by atoms with Crippen LogP contribution in [0.1, 0.15) is 125 Å². The highest BCUT2D eigenvalue weighted by atomic mass is 16.2. The molecular weight excluding hydrogens is 528 g/mol. The highest BCUT2D eigenvalue weighted by Gasteiger charge is 2.44. The van der Waals surface area contributed by atoms with Crippen LogP contribution in [0.3, 0.4) is 0 Å². The van der Waals surface area contributed by atoms with E-state index in [9.17, 15) is 38.4 Å². The van der Waals surface area contributed by atoms with Crippen LogP contribution in [0.2, 0.25) is 0 Å². The summed E-state index contributed by atoms with van der Waals surface area (Å²) in [6, 6.07) is 0. The lowest BCUT2D eigenvalue weighted by molar-refractivity contribution is -0.144. The first-order valence-electron chi connectivity index (χ1n) is 14.9. The second kappa shape index (κ2) is 19.1. The summed E-state index contributed by atoms with van der Waals surface area (Å²) in [5.74, 6) is -2.26. The van der Waals surface area contributed by atoms with Gasteiger partial charge in [0.2, 0.25) is 11.8 Å². The summed E-state index contributed by atoms with van der Waals surface area (Å²) >= 11 is 0. The summed E-state index contributed by atoms with van der Waals surface area (Å²) in [6.45, 7) is 9.61. The minimum Gasteiger partial charge on any atom is -0.355 e. The molecule has 0 bridgehead atoms. The lowest BCUT2D eigenvalue weighted by Crippen LogP contribution is -2.48. The maximum absolute atomic E-state index is 13.3. The molecule has 10 nitrogen and oxygen atoms in total. The third-order valence-electron chi connectivity index (χ3n) is 8.04.